The van der Waals surface area contributed by atoms with Gasteiger partial charge in [0, 0.05) is 59.0 Å². The molecule has 7 aromatic carbocycles. The molecule has 0 saturated heterocycles. The molecule has 0 amide bonds. The van der Waals surface area contributed by atoms with Crippen molar-refractivity contribution in [1.82, 2.24) is 14.9 Å². The number of nitrogens with zero attached hydrogens (tertiary/aromatic N) is 1. The van der Waals surface area contributed by atoms with Crippen molar-refractivity contribution >= 4 is 82.4 Å². The molecule has 2 N–H and O–H groups in total. The number of thiophene rings is 1. The molecule has 0 bridgehead atoms. The average Bonchev–Trinajstić information content (AvgIpc) is 1.64. The zero-order valence-corrected chi connectivity index (χ0v) is 72.7. The Labute approximate surface area is 644 Å². The molecule has 1 aliphatic rings. The van der Waals surface area contributed by atoms with Crippen LogP contribution in [0.1, 0.15) is 242 Å². The van der Waals surface area contributed by atoms with Crippen LogP contribution in [0.3, 0.4) is 0 Å². The molecule has 7 heteroatoms. The Morgan fingerprint density at radius 3 is 1.32 bits per heavy atom. The number of aromatic nitrogens is 2. The van der Waals surface area contributed by atoms with Crippen LogP contribution in [-0.2, 0) is 64.3 Å². The molecular formula is C95H134BrCl2N3S. The molecule has 1 aliphatic carbocycles. The molecule has 556 valence electrons. The summed E-state index contributed by atoms with van der Waals surface area (Å²) in [6.07, 6.45) is 13.1. The number of hydrogen-bond acceptors (Lipinski definition) is 2. The lowest BCUT2D eigenvalue weighted by Crippen LogP contribution is -2.11. The SMILES string of the molecule is CC(C)(C)Cc1ccc2[nH]c3c(c2c1)CCCC3.CC(C)(C)Cc1ccc2sccc2c1.CN(C)Cc1ccc(CC(C)(C)C)cc1.Cc1[nH]c2ccc(CC(C)(C)C)cc2c1C.Cc1cc(CC(C)(C)C)ccc1Br.Cc1cc(Cl)cc(CC(C)(C)C)c1.Cc1ccc(CC(C)(C)C)cc1Cl. The zero-order chi connectivity index (χ0) is 76.5. The lowest BCUT2D eigenvalue weighted by Gasteiger charge is -2.18. The molecule has 0 spiro atoms. The highest BCUT2D eigenvalue weighted by molar-refractivity contribution is 9.10. The second-order valence-corrected chi connectivity index (χ2v) is 40.9. The van der Waals surface area contributed by atoms with Gasteiger partial charge < -0.3 is 14.9 Å². The van der Waals surface area contributed by atoms with Gasteiger partial charge in [-0.25, -0.2) is 0 Å². The number of halogens is 3. The van der Waals surface area contributed by atoms with E-state index < -0.39 is 0 Å². The van der Waals surface area contributed by atoms with E-state index in [0.717, 1.165) is 67.1 Å². The van der Waals surface area contributed by atoms with Gasteiger partial charge in [0.15, 0.2) is 0 Å². The van der Waals surface area contributed by atoms with Gasteiger partial charge in [0.1, 0.15) is 0 Å². The lowest BCUT2D eigenvalue weighted by atomic mass is 9.87. The number of benzene rings is 7. The summed E-state index contributed by atoms with van der Waals surface area (Å²) in [5.41, 5.74) is 25.8. The van der Waals surface area contributed by atoms with Gasteiger partial charge in [0.05, 0.1) is 0 Å². The number of rotatable bonds is 9. The standard InChI is InChI=1S/C17H23N.C15H21N.C14H23N.C13H16S.C12H17Br.2C12H17Cl/c1-17(2,3)11-12-8-9-16-14(10-12)13-6-4-5-7-15(13)18-16;1-10-11(2)16-14-7-6-12(8-13(10)14)9-15(3,4)5;1-14(2,3)10-12-6-8-13(9-7-12)11-15(4)5;1-13(2,3)9-10-4-5-12-11(8-10)6-7-14-12;1-9-7-10(5-6-11(9)13)8-12(2,3)4;1-9-5-10(7-11(13)6-9)8-12(2,3)4;1-9-5-6-10(7-11(9)13)8-12(2,3)4/h8-10,18H,4-7,11H2,1-3H3;6-8,16H,9H2,1-5H3;6-9H,10-11H2,1-5H3;4-8H,9H2,1-3H3;3*5-7H,8H2,1-4H3. The van der Waals surface area contributed by atoms with E-state index in [-0.39, 0.29) is 0 Å². The Bertz CT molecular complexity index is 4130. The molecule has 0 unspecified atom stereocenters. The van der Waals surface area contributed by atoms with E-state index >= 15 is 0 Å². The third-order valence-electron chi connectivity index (χ3n) is 17.3. The summed E-state index contributed by atoms with van der Waals surface area (Å²) < 4.78 is 2.59. The molecule has 3 aromatic heterocycles. The molecule has 0 saturated carbocycles. The van der Waals surface area contributed by atoms with E-state index in [0.29, 0.717) is 37.9 Å². The number of fused-ring (bicyclic) bond motifs is 5. The fraction of sp³-hybridized carbons (Fsp3) is 0.495. The van der Waals surface area contributed by atoms with Crippen LogP contribution in [0, 0.1) is 72.5 Å². The summed E-state index contributed by atoms with van der Waals surface area (Å²) in [4.78, 5) is 9.22. The van der Waals surface area contributed by atoms with Crippen LogP contribution in [-0.4, -0.2) is 29.0 Å². The van der Waals surface area contributed by atoms with E-state index in [1.807, 2.05) is 24.3 Å². The molecule has 10 aromatic rings. The molecule has 0 atom stereocenters. The van der Waals surface area contributed by atoms with Crippen LogP contribution >= 0.6 is 50.5 Å². The Morgan fingerprint density at radius 2 is 0.824 bits per heavy atom. The summed E-state index contributed by atoms with van der Waals surface area (Å²) in [5, 5.41) is 8.12. The first kappa shape index (κ1) is 87.2. The van der Waals surface area contributed by atoms with E-state index in [1.54, 1.807) is 5.56 Å². The molecule has 102 heavy (non-hydrogen) atoms. The van der Waals surface area contributed by atoms with Gasteiger partial charge in [0.2, 0.25) is 0 Å². The van der Waals surface area contributed by atoms with Crippen molar-refractivity contribution < 1.29 is 0 Å². The highest BCUT2D eigenvalue weighted by Crippen LogP contribution is 2.34. The second kappa shape index (κ2) is 37.7. The van der Waals surface area contributed by atoms with E-state index in [9.17, 15) is 0 Å². The maximum atomic E-state index is 6.04. The molecule has 11 rings (SSSR count). The largest absolute Gasteiger partial charge is 0.358 e. The third-order valence-corrected chi connectivity index (χ3v) is 19.7. The smallest absolute Gasteiger partial charge is 0.0459 e. The van der Waals surface area contributed by atoms with Gasteiger partial charge >= 0.3 is 0 Å². The van der Waals surface area contributed by atoms with Gasteiger partial charge in [-0.05, 0) is 301 Å². The minimum Gasteiger partial charge on any atom is -0.358 e. The van der Waals surface area contributed by atoms with Crippen LogP contribution < -0.4 is 0 Å². The van der Waals surface area contributed by atoms with Crippen LogP contribution in [0.4, 0.5) is 0 Å². The highest BCUT2D eigenvalue weighted by atomic mass is 79.9. The molecule has 3 nitrogen and oxygen atoms in total. The number of hydrogen-bond donors (Lipinski definition) is 2. The van der Waals surface area contributed by atoms with Crippen molar-refractivity contribution in [1.29, 1.82) is 0 Å². The summed E-state index contributed by atoms with van der Waals surface area (Å²) in [6.45, 7) is 59.3. The summed E-state index contributed by atoms with van der Waals surface area (Å²) in [6, 6.07) is 50.9. The fourth-order valence-electron chi connectivity index (χ4n) is 13.2. The molecule has 0 radical (unpaired) electrons. The molecular weight excluding hydrogens is 1370 g/mol. The maximum absolute atomic E-state index is 6.04. The quantitative estimate of drug-likeness (QED) is 0.148. The van der Waals surface area contributed by atoms with Crippen molar-refractivity contribution in [3.63, 3.8) is 0 Å². The number of H-pyrrole nitrogens is 2. The zero-order valence-electron chi connectivity index (χ0n) is 68.8. The second-order valence-electron chi connectivity index (χ2n) is 38.2. The molecule has 0 aliphatic heterocycles. The summed E-state index contributed by atoms with van der Waals surface area (Å²) in [7, 11) is 4.20. The number of aryl methyl sites for hydroxylation is 7. The summed E-state index contributed by atoms with van der Waals surface area (Å²) in [5.74, 6) is 0. The van der Waals surface area contributed by atoms with E-state index in [1.165, 1.54) is 135 Å². The van der Waals surface area contributed by atoms with Crippen molar-refractivity contribution in [3.8, 4) is 0 Å². The van der Waals surface area contributed by atoms with Crippen LogP contribution in [0.5, 0.6) is 0 Å². The fourth-order valence-corrected chi connectivity index (χ4v) is 14.7. The van der Waals surface area contributed by atoms with Crippen molar-refractivity contribution in [2.75, 3.05) is 14.1 Å². The van der Waals surface area contributed by atoms with E-state index in [2.05, 4.69) is 357 Å². The Morgan fingerprint density at radius 1 is 0.402 bits per heavy atom. The molecule has 0 fully saturated rings. The Balaban J connectivity index is 0.000000215. The van der Waals surface area contributed by atoms with Crippen molar-refractivity contribution in [3.05, 3.63) is 243 Å². The first-order chi connectivity index (χ1) is 46.9. The monoisotopic (exact) mass is 1500 g/mol. The Kier molecular flexibility index (Phi) is 32.3. The number of aromatic amines is 2. The number of nitrogens with one attached hydrogen (secondary N) is 2. The van der Waals surface area contributed by atoms with Crippen LogP contribution in [0.25, 0.3) is 31.9 Å². The molecule has 3 heterocycles. The first-order valence-corrected chi connectivity index (χ1v) is 40.0. The highest BCUT2D eigenvalue weighted by Gasteiger charge is 2.20. The predicted octanol–water partition coefficient (Wildman–Crippen LogP) is 29.7. The lowest BCUT2D eigenvalue weighted by molar-refractivity contribution is 0.401. The van der Waals surface area contributed by atoms with Crippen LogP contribution in [0.15, 0.2) is 149 Å². The van der Waals surface area contributed by atoms with Crippen molar-refractivity contribution in [2.24, 2.45) is 37.9 Å². The minimum absolute atomic E-state index is 0.330. The van der Waals surface area contributed by atoms with Gasteiger partial charge in [-0.2, -0.15) is 0 Å². The summed E-state index contributed by atoms with van der Waals surface area (Å²) >= 11 is 17.3. The van der Waals surface area contributed by atoms with Crippen molar-refractivity contribution in [2.45, 2.75) is 257 Å². The topological polar surface area (TPSA) is 34.8 Å². The van der Waals surface area contributed by atoms with Gasteiger partial charge in [0.25, 0.3) is 0 Å². The van der Waals surface area contributed by atoms with E-state index in [4.69, 9.17) is 23.2 Å². The maximum Gasteiger partial charge on any atom is 0.0459 e. The van der Waals surface area contributed by atoms with Crippen LogP contribution in [0.2, 0.25) is 10.0 Å². The van der Waals surface area contributed by atoms with Gasteiger partial charge in [-0.1, -0.05) is 263 Å². The minimum atomic E-state index is 0.330. The predicted molar refractivity (Wildman–Crippen MR) is 462 cm³/mol. The third kappa shape index (κ3) is 33.4. The van der Waals surface area contributed by atoms with Gasteiger partial charge in [-0.3, -0.25) is 0 Å². The Hall–Kier alpha value is -5.40. The first-order valence-electron chi connectivity index (χ1n) is 37.6. The average molecular weight is 1500 g/mol. The van der Waals surface area contributed by atoms with Gasteiger partial charge in [-0.15, -0.1) is 11.3 Å². The normalized spacial score (nSPS) is 12.7.